The first-order valence-electron chi connectivity index (χ1n) is 7.71. The zero-order valence-corrected chi connectivity index (χ0v) is 12.4. The average molecular weight is 272 g/mol. The molecule has 1 aliphatic carbocycles. The van der Waals surface area contributed by atoms with Gasteiger partial charge in [0.25, 0.3) is 0 Å². The lowest BCUT2D eigenvalue weighted by atomic mass is 10.1. The molecule has 2 N–H and O–H groups in total. The van der Waals surface area contributed by atoms with E-state index in [1.165, 1.54) is 36.6 Å². The van der Waals surface area contributed by atoms with Crippen LogP contribution in [0.25, 0.3) is 10.9 Å². The van der Waals surface area contributed by atoms with Crippen LogP contribution in [0.4, 0.5) is 0 Å². The van der Waals surface area contributed by atoms with E-state index in [2.05, 4.69) is 29.9 Å². The summed E-state index contributed by atoms with van der Waals surface area (Å²) in [7, 11) is 0. The number of nitrogens with zero attached hydrogens (tertiary/aromatic N) is 1. The highest BCUT2D eigenvalue weighted by Crippen LogP contribution is 2.28. The van der Waals surface area contributed by atoms with Crippen molar-refractivity contribution in [1.29, 1.82) is 0 Å². The highest BCUT2D eigenvalue weighted by Gasteiger charge is 2.16. The third-order valence-corrected chi connectivity index (χ3v) is 4.39. The van der Waals surface area contributed by atoms with E-state index < -0.39 is 0 Å². The zero-order valence-electron chi connectivity index (χ0n) is 12.4. The molecule has 0 atom stereocenters. The minimum Gasteiger partial charge on any atom is -0.508 e. The van der Waals surface area contributed by atoms with Crippen molar-refractivity contribution in [2.75, 3.05) is 0 Å². The molecule has 1 heterocycles. The second-order valence-corrected chi connectivity index (χ2v) is 6.22. The molecule has 3 nitrogen and oxygen atoms in total. The largest absolute Gasteiger partial charge is 0.508 e. The van der Waals surface area contributed by atoms with Crippen molar-refractivity contribution in [3.8, 4) is 5.75 Å². The maximum absolute atomic E-state index is 9.72. The molecule has 0 aliphatic heterocycles. The fourth-order valence-corrected chi connectivity index (χ4v) is 3.26. The fourth-order valence-electron chi connectivity index (χ4n) is 3.26. The molecule has 1 aromatic carbocycles. The molecule has 0 radical (unpaired) electrons. The highest BCUT2D eigenvalue weighted by molar-refractivity contribution is 5.85. The molecule has 0 amide bonds. The average Bonchev–Trinajstić information content (AvgIpc) is 3.02. The molecule has 0 bridgehead atoms. The smallest absolute Gasteiger partial charge is 0.117 e. The van der Waals surface area contributed by atoms with Crippen LogP contribution in [0.1, 0.15) is 51.1 Å². The third-order valence-electron chi connectivity index (χ3n) is 4.39. The Morgan fingerprint density at radius 3 is 2.75 bits per heavy atom. The van der Waals surface area contributed by atoms with E-state index in [-0.39, 0.29) is 0 Å². The van der Waals surface area contributed by atoms with E-state index in [0.717, 1.165) is 12.1 Å². The lowest BCUT2D eigenvalue weighted by molar-refractivity contribution is 0.475. The summed E-state index contributed by atoms with van der Waals surface area (Å²) in [5.74, 6) is 0.341. The van der Waals surface area contributed by atoms with Crippen molar-refractivity contribution < 1.29 is 5.11 Å². The molecule has 0 spiro atoms. The minimum atomic E-state index is 0.341. The van der Waals surface area contributed by atoms with Crippen molar-refractivity contribution in [2.24, 2.45) is 0 Å². The summed E-state index contributed by atoms with van der Waals surface area (Å²) in [5.41, 5.74) is 2.46. The molecule has 108 valence electrons. The van der Waals surface area contributed by atoms with E-state index >= 15 is 0 Å². The van der Waals surface area contributed by atoms with Gasteiger partial charge in [0.1, 0.15) is 5.75 Å². The SMILES string of the molecule is CC(C)n1cc(CNC2CCCC2)c2ccc(O)cc21. The Bertz CT molecular complexity index is 594. The molecule has 1 fully saturated rings. The minimum absolute atomic E-state index is 0.341. The summed E-state index contributed by atoms with van der Waals surface area (Å²) < 4.78 is 2.25. The summed E-state index contributed by atoms with van der Waals surface area (Å²) in [6.07, 6.45) is 7.57. The predicted octanol–water partition coefficient (Wildman–Crippen LogP) is 3.96. The van der Waals surface area contributed by atoms with Gasteiger partial charge in [0, 0.05) is 36.3 Å². The van der Waals surface area contributed by atoms with E-state index in [4.69, 9.17) is 0 Å². The number of benzene rings is 1. The lowest BCUT2D eigenvalue weighted by Crippen LogP contribution is -2.25. The molecule has 2 aromatic rings. The first-order valence-corrected chi connectivity index (χ1v) is 7.71. The fraction of sp³-hybridized carbons (Fsp3) is 0.529. The van der Waals surface area contributed by atoms with E-state index in [0.29, 0.717) is 17.8 Å². The Balaban J connectivity index is 1.89. The number of rotatable bonds is 4. The predicted molar refractivity (Wildman–Crippen MR) is 83.1 cm³/mol. The summed E-state index contributed by atoms with van der Waals surface area (Å²) in [6, 6.07) is 6.78. The second kappa shape index (κ2) is 5.49. The lowest BCUT2D eigenvalue weighted by Gasteiger charge is -2.11. The summed E-state index contributed by atoms with van der Waals surface area (Å²) in [6.45, 7) is 5.28. The van der Waals surface area contributed by atoms with E-state index in [1.807, 2.05) is 12.1 Å². The van der Waals surface area contributed by atoms with Crippen molar-refractivity contribution in [1.82, 2.24) is 9.88 Å². The number of phenolic OH excluding ortho intramolecular Hbond substituents is 1. The molecular formula is C17H24N2O. The number of hydrogen-bond acceptors (Lipinski definition) is 2. The number of fused-ring (bicyclic) bond motifs is 1. The van der Waals surface area contributed by atoms with Crippen LogP contribution >= 0.6 is 0 Å². The van der Waals surface area contributed by atoms with E-state index in [1.54, 1.807) is 6.07 Å². The van der Waals surface area contributed by atoms with Crippen molar-refractivity contribution >= 4 is 10.9 Å². The summed E-state index contributed by atoms with van der Waals surface area (Å²) in [4.78, 5) is 0. The van der Waals surface area contributed by atoms with Gasteiger partial charge in [-0.05, 0) is 44.4 Å². The Hall–Kier alpha value is -1.48. The third kappa shape index (κ3) is 2.55. The quantitative estimate of drug-likeness (QED) is 0.884. The van der Waals surface area contributed by atoms with Crippen LogP contribution < -0.4 is 5.32 Å². The topological polar surface area (TPSA) is 37.2 Å². The molecule has 3 rings (SSSR count). The first kappa shape index (κ1) is 13.5. The molecule has 20 heavy (non-hydrogen) atoms. The van der Waals surface area contributed by atoms with Gasteiger partial charge in [0.2, 0.25) is 0 Å². The van der Waals surface area contributed by atoms with Crippen LogP contribution in [-0.4, -0.2) is 15.7 Å². The molecule has 0 saturated heterocycles. The molecule has 1 aromatic heterocycles. The van der Waals surface area contributed by atoms with Crippen LogP contribution in [0.2, 0.25) is 0 Å². The van der Waals surface area contributed by atoms with Crippen molar-refractivity contribution in [3.05, 3.63) is 30.0 Å². The standard InChI is InChI=1S/C17H24N2O/c1-12(2)19-11-13(10-18-14-5-3-4-6-14)16-8-7-15(20)9-17(16)19/h7-9,11-12,14,18,20H,3-6,10H2,1-2H3. The van der Waals surface area contributed by atoms with Crippen molar-refractivity contribution in [3.63, 3.8) is 0 Å². The van der Waals surface area contributed by atoms with Gasteiger partial charge >= 0.3 is 0 Å². The second-order valence-electron chi connectivity index (χ2n) is 6.22. The number of hydrogen-bond donors (Lipinski definition) is 2. The van der Waals surface area contributed by atoms with Gasteiger partial charge in [-0.25, -0.2) is 0 Å². The van der Waals surface area contributed by atoms with Gasteiger partial charge < -0.3 is 15.0 Å². The van der Waals surface area contributed by atoms with Gasteiger partial charge in [0.15, 0.2) is 0 Å². The first-order chi connectivity index (χ1) is 9.65. The number of aromatic hydroxyl groups is 1. The number of phenols is 1. The monoisotopic (exact) mass is 272 g/mol. The summed E-state index contributed by atoms with van der Waals surface area (Å²) in [5, 5.41) is 14.7. The Morgan fingerprint density at radius 2 is 2.05 bits per heavy atom. The van der Waals surface area contributed by atoms with Crippen LogP contribution in [0.3, 0.4) is 0 Å². The number of nitrogens with one attached hydrogen (secondary N) is 1. The highest BCUT2D eigenvalue weighted by atomic mass is 16.3. The molecule has 0 unspecified atom stereocenters. The van der Waals surface area contributed by atoms with Gasteiger partial charge in [-0.2, -0.15) is 0 Å². The van der Waals surface area contributed by atoms with Gasteiger partial charge in [-0.1, -0.05) is 12.8 Å². The Kier molecular flexibility index (Phi) is 3.70. The van der Waals surface area contributed by atoms with Crippen LogP contribution in [0.15, 0.2) is 24.4 Å². The van der Waals surface area contributed by atoms with Crippen molar-refractivity contribution in [2.45, 2.75) is 58.2 Å². The molecule has 1 saturated carbocycles. The van der Waals surface area contributed by atoms with Crippen LogP contribution in [0, 0.1) is 0 Å². The van der Waals surface area contributed by atoms with E-state index in [9.17, 15) is 5.11 Å². The van der Waals surface area contributed by atoms with Crippen LogP contribution in [0.5, 0.6) is 5.75 Å². The van der Waals surface area contributed by atoms with Gasteiger partial charge in [-0.3, -0.25) is 0 Å². The normalized spacial score (nSPS) is 16.6. The zero-order chi connectivity index (χ0) is 14.1. The van der Waals surface area contributed by atoms with Gasteiger partial charge in [0.05, 0.1) is 5.52 Å². The Labute approximate surface area is 120 Å². The van der Waals surface area contributed by atoms with Crippen LogP contribution in [-0.2, 0) is 6.54 Å². The molecule has 3 heteroatoms. The maximum atomic E-state index is 9.72. The Morgan fingerprint density at radius 1 is 1.30 bits per heavy atom. The summed E-state index contributed by atoms with van der Waals surface area (Å²) >= 11 is 0. The molecular weight excluding hydrogens is 248 g/mol. The number of aromatic nitrogens is 1. The molecule has 1 aliphatic rings. The van der Waals surface area contributed by atoms with Gasteiger partial charge in [-0.15, -0.1) is 0 Å². The maximum Gasteiger partial charge on any atom is 0.117 e.